The Balaban J connectivity index is 1.40. The molecule has 0 atom stereocenters. The summed E-state index contributed by atoms with van der Waals surface area (Å²) in [6.45, 7) is 5.08. The summed E-state index contributed by atoms with van der Waals surface area (Å²) in [6, 6.07) is 13.9. The van der Waals surface area contributed by atoms with Crippen molar-refractivity contribution in [1.82, 2.24) is 25.3 Å². The molecule has 9 nitrogen and oxygen atoms in total. The maximum Gasteiger partial charge on any atom is 0.230 e. The highest BCUT2D eigenvalue weighted by atomic mass is 19.1. The van der Waals surface area contributed by atoms with Crippen molar-refractivity contribution in [1.29, 1.82) is 0 Å². The Morgan fingerprint density at radius 1 is 1.02 bits per heavy atom. The number of imidazole rings is 1. The van der Waals surface area contributed by atoms with Crippen LogP contribution in [0.15, 0.2) is 60.8 Å². The number of aromatic amines is 1. The zero-order valence-corrected chi connectivity index (χ0v) is 22.2. The van der Waals surface area contributed by atoms with Crippen LogP contribution in [0, 0.1) is 17.0 Å². The van der Waals surface area contributed by atoms with E-state index in [0.29, 0.717) is 47.5 Å². The molecule has 11 heteroatoms. The van der Waals surface area contributed by atoms with Gasteiger partial charge in [0.1, 0.15) is 11.6 Å². The number of nitrogens with zero attached hydrogens (tertiary/aromatic N) is 3. The Kier molecular flexibility index (Phi) is 8.13. The number of aromatic nitrogens is 4. The maximum atomic E-state index is 13.7. The van der Waals surface area contributed by atoms with Gasteiger partial charge in [0.05, 0.1) is 35.7 Å². The van der Waals surface area contributed by atoms with E-state index >= 15 is 0 Å². The van der Waals surface area contributed by atoms with Crippen LogP contribution in [-0.4, -0.2) is 45.6 Å². The zero-order valence-electron chi connectivity index (χ0n) is 22.2. The van der Waals surface area contributed by atoms with Gasteiger partial charge < -0.3 is 25.1 Å². The molecule has 40 heavy (non-hydrogen) atoms. The largest absolute Gasteiger partial charge is 0.355 e. The van der Waals surface area contributed by atoms with Crippen LogP contribution in [0.4, 0.5) is 14.7 Å². The molecule has 4 aromatic rings. The van der Waals surface area contributed by atoms with Crippen LogP contribution in [-0.2, 0) is 20.8 Å². The van der Waals surface area contributed by atoms with E-state index in [4.69, 9.17) is 14.5 Å². The van der Waals surface area contributed by atoms with E-state index in [2.05, 4.69) is 25.6 Å². The molecule has 1 aliphatic rings. The Labute approximate surface area is 230 Å². The number of hydrogen-bond acceptors (Lipinski definition) is 7. The molecule has 0 radical (unpaired) electrons. The van der Waals surface area contributed by atoms with Crippen LogP contribution < -0.4 is 10.6 Å². The second-order valence-electron chi connectivity index (χ2n) is 9.87. The van der Waals surface area contributed by atoms with Gasteiger partial charge in [-0.2, -0.15) is 0 Å². The molecule has 0 saturated carbocycles. The molecule has 2 aromatic heterocycles. The SMILES string of the molecule is CCCNC(=O)C1(C)COC(c2nc(-c3ccc(F)cc3)c(-c3ccnc(NCc4ccc(F)cc4)n3)[nH]2)OC1. The summed E-state index contributed by atoms with van der Waals surface area (Å²) in [6.07, 6.45) is 1.61. The van der Waals surface area contributed by atoms with Gasteiger partial charge in [-0.3, -0.25) is 4.79 Å². The Bertz CT molecular complexity index is 1450. The third kappa shape index (κ3) is 6.16. The van der Waals surface area contributed by atoms with Crippen LogP contribution in [0.1, 0.15) is 37.9 Å². The first kappa shape index (κ1) is 27.4. The molecule has 5 rings (SSSR count). The topological polar surface area (TPSA) is 114 Å². The number of amides is 1. The summed E-state index contributed by atoms with van der Waals surface area (Å²) >= 11 is 0. The molecule has 1 saturated heterocycles. The number of ether oxygens (including phenoxy) is 2. The molecule has 1 fully saturated rings. The molecule has 3 heterocycles. The van der Waals surface area contributed by atoms with Gasteiger partial charge in [0.15, 0.2) is 5.82 Å². The molecule has 1 aliphatic heterocycles. The Hall–Kier alpha value is -4.22. The lowest BCUT2D eigenvalue weighted by atomic mass is 9.91. The van der Waals surface area contributed by atoms with E-state index in [0.717, 1.165) is 12.0 Å². The van der Waals surface area contributed by atoms with Crippen LogP contribution in [0.5, 0.6) is 0 Å². The molecule has 1 amide bonds. The molecular formula is C29H30F2N6O3. The zero-order chi connectivity index (χ0) is 28.1. The first-order chi connectivity index (χ1) is 19.3. The molecular weight excluding hydrogens is 518 g/mol. The second-order valence-corrected chi connectivity index (χ2v) is 9.87. The fraction of sp³-hybridized carbons (Fsp3) is 0.310. The first-order valence-electron chi connectivity index (χ1n) is 13.0. The molecule has 0 spiro atoms. The fourth-order valence-electron chi connectivity index (χ4n) is 4.22. The molecule has 208 valence electrons. The van der Waals surface area contributed by atoms with Crippen molar-refractivity contribution < 1.29 is 23.0 Å². The molecule has 0 aliphatic carbocycles. The van der Waals surface area contributed by atoms with Crippen molar-refractivity contribution in [3.63, 3.8) is 0 Å². The maximum absolute atomic E-state index is 13.7. The van der Waals surface area contributed by atoms with E-state index < -0.39 is 11.7 Å². The van der Waals surface area contributed by atoms with Crippen molar-refractivity contribution in [2.24, 2.45) is 5.41 Å². The highest BCUT2D eigenvalue weighted by Gasteiger charge is 2.40. The summed E-state index contributed by atoms with van der Waals surface area (Å²) in [5.74, 6) is -0.0379. The van der Waals surface area contributed by atoms with Gasteiger partial charge in [-0.1, -0.05) is 19.1 Å². The number of carbonyl (C=O) groups is 1. The number of benzene rings is 2. The van der Waals surface area contributed by atoms with Gasteiger partial charge in [0.2, 0.25) is 18.1 Å². The van der Waals surface area contributed by atoms with Crippen LogP contribution in [0.3, 0.4) is 0 Å². The smallest absolute Gasteiger partial charge is 0.230 e. The number of carbonyl (C=O) groups excluding carboxylic acids is 1. The molecule has 0 unspecified atom stereocenters. The number of H-pyrrole nitrogens is 1. The number of halogens is 2. The summed E-state index contributed by atoms with van der Waals surface area (Å²) in [7, 11) is 0. The summed E-state index contributed by atoms with van der Waals surface area (Å²) in [4.78, 5) is 29.5. The number of anilines is 1. The third-order valence-corrected chi connectivity index (χ3v) is 6.53. The van der Waals surface area contributed by atoms with Crippen molar-refractivity contribution in [2.75, 3.05) is 25.1 Å². The highest BCUT2D eigenvalue weighted by Crippen LogP contribution is 2.35. The van der Waals surface area contributed by atoms with Crippen molar-refractivity contribution in [3.8, 4) is 22.6 Å². The highest BCUT2D eigenvalue weighted by molar-refractivity contribution is 5.82. The summed E-state index contributed by atoms with van der Waals surface area (Å²) in [5, 5.41) is 6.04. The average Bonchev–Trinajstić information content (AvgIpc) is 3.42. The summed E-state index contributed by atoms with van der Waals surface area (Å²) < 4.78 is 38.8. The van der Waals surface area contributed by atoms with Gasteiger partial charge in [0.25, 0.3) is 0 Å². The standard InChI is InChI=1S/C29H30F2N6O3/c1-3-13-32-27(38)29(2)16-39-26(40-17-29)25-36-23(19-6-10-21(31)11-7-19)24(37-25)22-12-14-33-28(35-22)34-15-18-4-8-20(30)9-5-18/h4-12,14,26H,3,13,15-17H2,1-2H3,(H,32,38)(H,36,37)(H,33,34,35). The van der Waals surface area contributed by atoms with E-state index in [1.807, 2.05) is 6.92 Å². The minimum absolute atomic E-state index is 0.124. The normalized spacial score (nSPS) is 18.9. The van der Waals surface area contributed by atoms with Gasteiger partial charge in [-0.05, 0) is 61.4 Å². The van der Waals surface area contributed by atoms with Gasteiger partial charge in [-0.25, -0.2) is 23.7 Å². The fourth-order valence-corrected chi connectivity index (χ4v) is 4.22. The molecule has 2 aromatic carbocycles. The number of nitrogens with one attached hydrogen (secondary N) is 3. The van der Waals surface area contributed by atoms with E-state index in [1.54, 1.807) is 43.5 Å². The monoisotopic (exact) mass is 548 g/mol. The van der Waals surface area contributed by atoms with Crippen molar-refractivity contribution in [2.45, 2.75) is 33.1 Å². The third-order valence-electron chi connectivity index (χ3n) is 6.53. The van der Waals surface area contributed by atoms with E-state index in [9.17, 15) is 13.6 Å². The van der Waals surface area contributed by atoms with Crippen LogP contribution in [0.25, 0.3) is 22.6 Å². The lowest BCUT2D eigenvalue weighted by Crippen LogP contribution is -2.48. The lowest BCUT2D eigenvalue weighted by molar-refractivity contribution is -0.231. The summed E-state index contributed by atoms with van der Waals surface area (Å²) in [5.41, 5.74) is 2.34. The van der Waals surface area contributed by atoms with Crippen LogP contribution >= 0.6 is 0 Å². The average molecular weight is 549 g/mol. The first-order valence-corrected chi connectivity index (χ1v) is 13.0. The molecule has 3 N–H and O–H groups in total. The predicted octanol–water partition coefficient (Wildman–Crippen LogP) is 5.00. The number of rotatable bonds is 9. The van der Waals surface area contributed by atoms with E-state index in [-0.39, 0.29) is 30.8 Å². The lowest BCUT2D eigenvalue weighted by Gasteiger charge is -2.35. The van der Waals surface area contributed by atoms with Gasteiger partial charge in [0, 0.05) is 24.8 Å². The Morgan fingerprint density at radius 3 is 2.38 bits per heavy atom. The second kappa shape index (κ2) is 11.9. The minimum atomic E-state index is -0.835. The predicted molar refractivity (Wildman–Crippen MR) is 145 cm³/mol. The van der Waals surface area contributed by atoms with E-state index in [1.165, 1.54) is 24.3 Å². The van der Waals surface area contributed by atoms with Crippen LogP contribution in [0.2, 0.25) is 0 Å². The van der Waals surface area contributed by atoms with Gasteiger partial charge >= 0.3 is 0 Å². The Morgan fingerprint density at radius 2 is 1.70 bits per heavy atom. The van der Waals surface area contributed by atoms with Crippen molar-refractivity contribution >= 4 is 11.9 Å². The van der Waals surface area contributed by atoms with Gasteiger partial charge in [-0.15, -0.1) is 0 Å². The quantitative estimate of drug-likeness (QED) is 0.270. The van der Waals surface area contributed by atoms with Crippen molar-refractivity contribution in [3.05, 3.63) is 83.8 Å². The minimum Gasteiger partial charge on any atom is -0.355 e. The molecule has 0 bridgehead atoms. The number of hydrogen-bond donors (Lipinski definition) is 3.